The quantitative estimate of drug-likeness (QED) is 0.697. The van der Waals surface area contributed by atoms with Crippen LogP contribution in [0.25, 0.3) is 0 Å². The van der Waals surface area contributed by atoms with Crippen LogP contribution in [-0.4, -0.2) is 45.3 Å². The first kappa shape index (κ1) is 12.3. The molecule has 0 bridgehead atoms. The monoisotopic (exact) mass is 229 g/mol. The zero-order valence-corrected chi connectivity index (χ0v) is 9.95. The number of hydrogen-bond acceptors (Lipinski definition) is 4. The first-order valence-electron chi connectivity index (χ1n) is 6.47. The van der Waals surface area contributed by atoms with Gasteiger partial charge >= 0.3 is 0 Å². The summed E-state index contributed by atoms with van der Waals surface area (Å²) in [5.41, 5.74) is 0. The molecule has 1 aliphatic heterocycles. The topological polar surface area (TPSA) is 39.7 Å². The molecule has 0 aromatic heterocycles. The lowest BCUT2D eigenvalue weighted by Crippen LogP contribution is -2.35. The van der Waals surface area contributed by atoms with Crippen LogP contribution >= 0.6 is 0 Å². The second-order valence-electron chi connectivity index (χ2n) is 4.58. The van der Waals surface area contributed by atoms with Gasteiger partial charge in [0.25, 0.3) is 0 Å². The summed E-state index contributed by atoms with van der Waals surface area (Å²) in [6.07, 6.45) is 7.03. The van der Waals surface area contributed by atoms with Gasteiger partial charge in [0.15, 0.2) is 0 Å². The van der Waals surface area contributed by atoms with Crippen molar-refractivity contribution in [3.63, 3.8) is 0 Å². The molecular weight excluding hydrogens is 206 g/mol. The van der Waals surface area contributed by atoms with Crippen LogP contribution < -0.4 is 5.32 Å². The van der Waals surface area contributed by atoms with E-state index in [1.165, 1.54) is 25.7 Å². The van der Waals surface area contributed by atoms with Crippen LogP contribution in [0.15, 0.2) is 0 Å². The average Bonchev–Trinajstić information content (AvgIpc) is 2.83. The van der Waals surface area contributed by atoms with E-state index in [9.17, 15) is 0 Å². The van der Waals surface area contributed by atoms with Gasteiger partial charge in [-0.05, 0) is 19.3 Å². The Labute approximate surface area is 97.6 Å². The summed E-state index contributed by atoms with van der Waals surface area (Å²) in [4.78, 5) is 0. The molecule has 0 aromatic rings. The third kappa shape index (κ3) is 4.37. The highest BCUT2D eigenvalue weighted by Gasteiger charge is 2.15. The summed E-state index contributed by atoms with van der Waals surface area (Å²) >= 11 is 0. The number of ether oxygens (including phenoxy) is 3. The molecule has 94 valence electrons. The van der Waals surface area contributed by atoms with Gasteiger partial charge in [-0.25, -0.2) is 0 Å². The standard InChI is InChI=1S/C12H23NO3/c1-2-4-11(3-1)15-8-6-13-9-12-5-7-14-10-16-12/h11-13H,1-10H2. The van der Waals surface area contributed by atoms with E-state index in [4.69, 9.17) is 14.2 Å². The average molecular weight is 229 g/mol. The molecule has 2 fully saturated rings. The van der Waals surface area contributed by atoms with Crippen LogP contribution in [0.4, 0.5) is 0 Å². The lowest BCUT2D eigenvalue weighted by Gasteiger charge is -2.23. The minimum atomic E-state index is 0.320. The van der Waals surface area contributed by atoms with Gasteiger partial charge in [-0.3, -0.25) is 0 Å². The molecule has 1 aliphatic carbocycles. The van der Waals surface area contributed by atoms with Crippen molar-refractivity contribution in [1.82, 2.24) is 5.32 Å². The molecule has 1 unspecified atom stereocenters. The van der Waals surface area contributed by atoms with E-state index in [1.54, 1.807) is 0 Å². The van der Waals surface area contributed by atoms with Crippen LogP contribution in [0.3, 0.4) is 0 Å². The molecule has 4 nitrogen and oxygen atoms in total. The first-order chi connectivity index (χ1) is 7.95. The van der Waals surface area contributed by atoms with E-state index in [1.807, 2.05) is 0 Å². The van der Waals surface area contributed by atoms with Gasteiger partial charge < -0.3 is 19.5 Å². The predicted molar refractivity (Wildman–Crippen MR) is 61.4 cm³/mol. The zero-order valence-electron chi connectivity index (χ0n) is 9.95. The third-order valence-corrected chi connectivity index (χ3v) is 3.28. The fourth-order valence-electron chi connectivity index (χ4n) is 2.28. The molecule has 1 N–H and O–H groups in total. The highest BCUT2D eigenvalue weighted by Crippen LogP contribution is 2.20. The maximum absolute atomic E-state index is 5.76. The fourth-order valence-corrected chi connectivity index (χ4v) is 2.28. The van der Waals surface area contributed by atoms with Crippen LogP contribution in [0.2, 0.25) is 0 Å². The SMILES string of the molecule is C1CCC(OCCNCC2CCOCO2)C1. The number of rotatable bonds is 6. The Kier molecular flexibility index (Phi) is 5.55. The highest BCUT2D eigenvalue weighted by atomic mass is 16.7. The lowest BCUT2D eigenvalue weighted by molar-refractivity contribution is -0.137. The zero-order chi connectivity index (χ0) is 11.1. The van der Waals surface area contributed by atoms with Crippen LogP contribution in [0, 0.1) is 0 Å². The summed E-state index contributed by atoms with van der Waals surface area (Å²) in [6, 6.07) is 0. The van der Waals surface area contributed by atoms with Gasteiger partial charge in [0.05, 0.1) is 25.4 Å². The lowest BCUT2D eigenvalue weighted by atomic mass is 10.2. The van der Waals surface area contributed by atoms with Gasteiger partial charge in [0.2, 0.25) is 0 Å². The molecule has 2 rings (SSSR count). The minimum Gasteiger partial charge on any atom is -0.377 e. The molecule has 0 aromatic carbocycles. The Morgan fingerprint density at radius 3 is 2.81 bits per heavy atom. The van der Waals surface area contributed by atoms with Crippen molar-refractivity contribution in [3.05, 3.63) is 0 Å². The Hall–Kier alpha value is -0.160. The van der Waals surface area contributed by atoms with Crippen molar-refractivity contribution in [3.8, 4) is 0 Å². The molecule has 2 aliphatic rings. The third-order valence-electron chi connectivity index (χ3n) is 3.28. The van der Waals surface area contributed by atoms with Gasteiger partial charge in [-0.1, -0.05) is 12.8 Å². The van der Waals surface area contributed by atoms with Crippen LogP contribution in [-0.2, 0) is 14.2 Å². The van der Waals surface area contributed by atoms with Crippen molar-refractivity contribution in [2.75, 3.05) is 33.1 Å². The Balaban J connectivity index is 1.42. The Morgan fingerprint density at radius 2 is 2.06 bits per heavy atom. The summed E-state index contributed by atoms with van der Waals surface area (Å²) in [5, 5.41) is 3.37. The fraction of sp³-hybridized carbons (Fsp3) is 1.00. The molecule has 1 heterocycles. The summed E-state index contributed by atoms with van der Waals surface area (Å²) in [6.45, 7) is 3.94. The summed E-state index contributed by atoms with van der Waals surface area (Å²) in [5.74, 6) is 0. The van der Waals surface area contributed by atoms with Crippen LogP contribution in [0.5, 0.6) is 0 Å². The Bertz CT molecular complexity index is 177. The summed E-state index contributed by atoms with van der Waals surface area (Å²) < 4.78 is 16.3. The highest BCUT2D eigenvalue weighted by molar-refractivity contribution is 4.67. The molecule has 4 heteroatoms. The molecule has 0 radical (unpaired) electrons. The number of nitrogens with one attached hydrogen (secondary N) is 1. The van der Waals surface area contributed by atoms with Crippen molar-refractivity contribution < 1.29 is 14.2 Å². The molecule has 1 saturated carbocycles. The van der Waals surface area contributed by atoms with Crippen molar-refractivity contribution >= 4 is 0 Å². The van der Waals surface area contributed by atoms with Crippen molar-refractivity contribution in [2.24, 2.45) is 0 Å². The van der Waals surface area contributed by atoms with E-state index in [-0.39, 0.29) is 0 Å². The minimum absolute atomic E-state index is 0.320. The summed E-state index contributed by atoms with van der Waals surface area (Å²) in [7, 11) is 0. The van der Waals surface area contributed by atoms with E-state index < -0.39 is 0 Å². The van der Waals surface area contributed by atoms with Crippen molar-refractivity contribution in [1.29, 1.82) is 0 Å². The smallest absolute Gasteiger partial charge is 0.147 e. The molecule has 0 spiro atoms. The maximum atomic E-state index is 5.76. The van der Waals surface area contributed by atoms with Crippen LogP contribution in [0.1, 0.15) is 32.1 Å². The van der Waals surface area contributed by atoms with E-state index in [2.05, 4.69) is 5.32 Å². The van der Waals surface area contributed by atoms with E-state index in [0.717, 1.165) is 32.7 Å². The van der Waals surface area contributed by atoms with Gasteiger partial charge in [0.1, 0.15) is 6.79 Å². The molecule has 16 heavy (non-hydrogen) atoms. The normalized spacial score (nSPS) is 27.4. The first-order valence-corrected chi connectivity index (χ1v) is 6.47. The van der Waals surface area contributed by atoms with E-state index in [0.29, 0.717) is 19.0 Å². The second-order valence-corrected chi connectivity index (χ2v) is 4.58. The molecule has 1 atom stereocenters. The Morgan fingerprint density at radius 1 is 1.19 bits per heavy atom. The predicted octanol–water partition coefficient (Wildman–Crippen LogP) is 1.30. The largest absolute Gasteiger partial charge is 0.377 e. The number of hydrogen-bond donors (Lipinski definition) is 1. The van der Waals surface area contributed by atoms with Crippen molar-refractivity contribution in [2.45, 2.75) is 44.3 Å². The van der Waals surface area contributed by atoms with Gasteiger partial charge in [0, 0.05) is 13.1 Å². The molecule has 1 saturated heterocycles. The molecular formula is C12H23NO3. The second kappa shape index (κ2) is 7.22. The molecule has 0 amide bonds. The maximum Gasteiger partial charge on any atom is 0.147 e. The van der Waals surface area contributed by atoms with E-state index >= 15 is 0 Å². The van der Waals surface area contributed by atoms with Gasteiger partial charge in [-0.15, -0.1) is 0 Å². The van der Waals surface area contributed by atoms with Gasteiger partial charge in [-0.2, -0.15) is 0 Å².